The Morgan fingerprint density at radius 3 is 2.75 bits per heavy atom. The molecule has 2 bridgehead atoms. The predicted octanol–water partition coefficient (Wildman–Crippen LogP) is 4.08. The van der Waals surface area contributed by atoms with Gasteiger partial charge < -0.3 is 4.74 Å². The summed E-state index contributed by atoms with van der Waals surface area (Å²) in [7, 11) is 0. The molecular formula is C15H24O. The van der Waals surface area contributed by atoms with Crippen molar-refractivity contribution in [3.63, 3.8) is 0 Å². The van der Waals surface area contributed by atoms with Crippen LogP contribution in [0, 0.1) is 11.3 Å². The van der Waals surface area contributed by atoms with Crippen molar-refractivity contribution >= 4 is 0 Å². The second kappa shape index (κ2) is 2.93. The fourth-order valence-electron chi connectivity index (χ4n) is 4.50. The van der Waals surface area contributed by atoms with Gasteiger partial charge in [0.1, 0.15) is 0 Å². The highest BCUT2D eigenvalue weighted by molar-refractivity contribution is 5.29. The maximum absolute atomic E-state index is 6.61. The summed E-state index contributed by atoms with van der Waals surface area (Å²) in [5, 5.41) is 0. The minimum atomic E-state index is 0.0810. The number of hydrogen-bond donors (Lipinski definition) is 0. The maximum Gasteiger partial charge on any atom is 0.0953 e. The van der Waals surface area contributed by atoms with E-state index in [2.05, 4.69) is 33.8 Å². The highest BCUT2D eigenvalue weighted by atomic mass is 16.5. The Balaban J connectivity index is 2.11. The summed E-state index contributed by atoms with van der Waals surface area (Å²) in [6.45, 7) is 9.34. The van der Waals surface area contributed by atoms with Crippen LogP contribution in [0.1, 0.15) is 59.8 Å². The average molecular weight is 220 g/mol. The van der Waals surface area contributed by atoms with Crippen LogP contribution in [0.5, 0.6) is 0 Å². The number of fused-ring (bicyclic) bond motifs is 1. The third kappa shape index (κ3) is 1.11. The van der Waals surface area contributed by atoms with Gasteiger partial charge in [0.15, 0.2) is 0 Å². The standard InChI is InChI=1S/C15H24O/c1-11-6-5-8-14(4)9-7-12-10-15(11,14)16-13(12,2)3/h6,12H,5,7-10H2,1-4H3/t12-,14?,15+/m1/s1. The Bertz CT molecular complexity index is 354. The van der Waals surface area contributed by atoms with Crippen LogP contribution in [0.15, 0.2) is 11.6 Å². The van der Waals surface area contributed by atoms with Crippen LogP contribution in [0.2, 0.25) is 0 Å². The van der Waals surface area contributed by atoms with Gasteiger partial charge in [-0.1, -0.05) is 13.0 Å². The molecule has 0 aromatic rings. The van der Waals surface area contributed by atoms with Gasteiger partial charge in [-0.05, 0) is 64.4 Å². The minimum absolute atomic E-state index is 0.0810. The molecule has 0 aromatic heterocycles. The molecule has 1 spiro atoms. The van der Waals surface area contributed by atoms with E-state index in [-0.39, 0.29) is 11.2 Å². The summed E-state index contributed by atoms with van der Waals surface area (Å²) >= 11 is 0. The molecule has 3 rings (SSSR count). The third-order valence-electron chi connectivity index (χ3n) is 5.76. The first kappa shape index (κ1) is 10.8. The molecule has 1 unspecified atom stereocenters. The molecule has 1 saturated heterocycles. The van der Waals surface area contributed by atoms with E-state index in [1.807, 2.05) is 0 Å². The smallest absolute Gasteiger partial charge is 0.0953 e. The van der Waals surface area contributed by atoms with Crippen LogP contribution < -0.4 is 0 Å². The lowest BCUT2D eigenvalue weighted by atomic mass is 9.56. The Labute approximate surface area is 99.3 Å². The summed E-state index contributed by atoms with van der Waals surface area (Å²) in [5.41, 5.74) is 2.08. The largest absolute Gasteiger partial charge is 0.364 e. The zero-order chi connectivity index (χ0) is 11.6. The summed E-state index contributed by atoms with van der Waals surface area (Å²) in [4.78, 5) is 0. The molecule has 0 radical (unpaired) electrons. The summed E-state index contributed by atoms with van der Waals surface area (Å²) in [5.74, 6) is 0.766. The van der Waals surface area contributed by atoms with Gasteiger partial charge in [0.2, 0.25) is 0 Å². The zero-order valence-electron chi connectivity index (χ0n) is 11.1. The topological polar surface area (TPSA) is 9.23 Å². The molecule has 0 aromatic carbocycles. The number of ether oxygens (including phenoxy) is 1. The highest BCUT2D eigenvalue weighted by Gasteiger charge is 2.63. The molecule has 2 fully saturated rings. The second-order valence-corrected chi connectivity index (χ2v) is 6.96. The van der Waals surface area contributed by atoms with Gasteiger partial charge in [-0.25, -0.2) is 0 Å². The molecule has 2 aliphatic carbocycles. The summed E-state index contributed by atoms with van der Waals surface area (Å²) in [6.07, 6.45) is 8.96. The minimum Gasteiger partial charge on any atom is -0.364 e. The van der Waals surface area contributed by atoms with Crippen molar-refractivity contribution in [3.05, 3.63) is 11.6 Å². The van der Waals surface area contributed by atoms with Gasteiger partial charge in [-0.3, -0.25) is 0 Å². The van der Waals surface area contributed by atoms with Crippen molar-refractivity contribution in [2.24, 2.45) is 11.3 Å². The van der Waals surface area contributed by atoms with Crippen molar-refractivity contribution in [3.8, 4) is 0 Å². The number of hydrogen-bond acceptors (Lipinski definition) is 1. The van der Waals surface area contributed by atoms with E-state index in [9.17, 15) is 0 Å². The van der Waals surface area contributed by atoms with Gasteiger partial charge in [0, 0.05) is 5.41 Å². The van der Waals surface area contributed by atoms with Crippen LogP contribution >= 0.6 is 0 Å². The molecule has 90 valence electrons. The highest BCUT2D eigenvalue weighted by Crippen LogP contribution is 2.64. The molecular weight excluding hydrogens is 196 g/mol. The molecule has 1 heterocycles. The SMILES string of the molecule is CC1=CCCC2(C)CC[C@@H]3C[C@]12OC3(C)C. The van der Waals surface area contributed by atoms with Crippen LogP contribution in [-0.4, -0.2) is 11.2 Å². The first-order chi connectivity index (χ1) is 7.40. The van der Waals surface area contributed by atoms with Crippen LogP contribution in [0.3, 0.4) is 0 Å². The van der Waals surface area contributed by atoms with E-state index < -0.39 is 0 Å². The molecule has 3 atom stereocenters. The van der Waals surface area contributed by atoms with Crippen LogP contribution in [0.4, 0.5) is 0 Å². The van der Waals surface area contributed by atoms with E-state index in [1.54, 1.807) is 0 Å². The van der Waals surface area contributed by atoms with E-state index in [1.165, 1.54) is 37.7 Å². The lowest BCUT2D eigenvalue weighted by Gasteiger charge is -2.51. The molecule has 0 N–H and O–H groups in total. The number of allylic oxidation sites excluding steroid dienone is 1. The van der Waals surface area contributed by atoms with Gasteiger partial charge in [-0.15, -0.1) is 0 Å². The third-order valence-corrected chi connectivity index (χ3v) is 5.76. The molecule has 3 aliphatic rings. The maximum atomic E-state index is 6.61. The van der Waals surface area contributed by atoms with Crippen molar-refractivity contribution in [2.75, 3.05) is 0 Å². The molecule has 1 nitrogen and oxygen atoms in total. The lowest BCUT2D eigenvalue weighted by Crippen LogP contribution is -2.51. The van der Waals surface area contributed by atoms with E-state index in [0.29, 0.717) is 5.41 Å². The predicted molar refractivity (Wildman–Crippen MR) is 66.3 cm³/mol. The van der Waals surface area contributed by atoms with E-state index in [0.717, 1.165) is 5.92 Å². The second-order valence-electron chi connectivity index (χ2n) is 6.96. The number of rotatable bonds is 0. The van der Waals surface area contributed by atoms with E-state index in [4.69, 9.17) is 4.74 Å². The van der Waals surface area contributed by atoms with Gasteiger partial charge >= 0.3 is 0 Å². The average Bonchev–Trinajstić information content (AvgIpc) is 2.42. The van der Waals surface area contributed by atoms with Crippen molar-refractivity contribution < 1.29 is 4.74 Å². The molecule has 1 aliphatic heterocycles. The Hall–Kier alpha value is -0.300. The Morgan fingerprint density at radius 1 is 1.25 bits per heavy atom. The van der Waals surface area contributed by atoms with Gasteiger partial charge in [0.05, 0.1) is 11.2 Å². The normalized spacial score (nSPS) is 49.8. The lowest BCUT2D eigenvalue weighted by molar-refractivity contribution is -0.130. The van der Waals surface area contributed by atoms with Crippen molar-refractivity contribution in [2.45, 2.75) is 71.0 Å². The zero-order valence-corrected chi connectivity index (χ0v) is 11.1. The fourth-order valence-corrected chi connectivity index (χ4v) is 4.50. The fraction of sp³-hybridized carbons (Fsp3) is 0.867. The van der Waals surface area contributed by atoms with Crippen molar-refractivity contribution in [1.82, 2.24) is 0 Å². The van der Waals surface area contributed by atoms with Gasteiger partial charge in [0.25, 0.3) is 0 Å². The van der Waals surface area contributed by atoms with Gasteiger partial charge in [-0.2, -0.15) is 0 Å². The molecule has 1 saturated carbocycles. The summed E-state index contributed by atoms with van der Waals surface area (Å²) in [6, 6.07) is 0. The molecule has 1 heteroatoms. The summed E-state index contributed by atoms with van der Waals surface area (Å²) < 4.78 is 6.61. The first-order valence-corrected chi connectivity index (χ1v) is 6.77. The first-order valence-electron chi connectivity index (χ1n) is 6.77. The Kier molecular flexibility index (Phi) is 1.98. The Morgan fingerprint density at radius 2 is 2.00 bits per heavy atom. The van der Waals surface area contributed by atoms with E-state index >= 15 is 0 Å². The van der Waals surface area contributed by atoms with Crippen molar-refractivity contribution in [1.29, 1.82) is 0 Å². The monoisotopic (exact) mass is 220 g/mol. The van der Waals surface area contributed by atoms with Crippen LogP contribution in [-0.2, 0) is 4.74 Å². The van der Waals surface area contributed by atoms with Crippen LogP contribution in [0.25, 0.3) is 0 Å². The molecule has 0 amide bonds. The quantitative estimate of drug-likeness (QED) is 0.559. The molecule has 16 heavy (non-hydrogen) atoms.